The van der Waals surface area contributed by atoms with Gasteiger partial charge in [-0.2, -0.15) is 0 Å². The van der Waals surface area contributed by atoms with Gasteiger partial charge in [0.1, 0.15) is 5.76 Å². The van der Waals surface area contributed by atoms with Crippen molar-refractivity contribution in [3.05, 3.63) is 34.6 Å². The molecule has 1 aliphatic carbocycles. The van der Waals surface area contributed by atoms with Crippen LogP contribution in [0.5, 0.6) is 0 Å². The van der Waals surface area contributed by atoms with E-state index in [0.29, 0.717) is 24.6 Å². The molecule has 2 unspecified atom stereocenters. The van der Waals surface area contributed by atoms with Gasteiger partial charge in [-0.05, 0) is 30.4 Å². The van der Waals surface area contributed by atoms with Gasteiger partial charge in [-0.1, -0.05) is 33.8 Å². The van der Waals surface area contributed by atoms with Crippen LogP contribution < -0.4 is 5.73 Å². The van der Waals surface area contributed by atoms with Gasteiger partial charge >= 0.3 is 0 Å². The van der Waals surface area contributed by atoms with Crippen molar-refractivity contribution in [2.75, 3.05) is 31.9 Å². The summed E-state index contributed by atoms with van der Waals surface area (Å²) >= 11 is 1.67. The van der Waals surface area contributed by atoms with Crippen LogP contribution in [0.25, 0.3) is 0 Å². The van der Waals surface area contributed by atoms with Crippen molar-refractivity contribution < 1.29 is 15.0 Å². The standard InChI is InChI=1S/C22H36N4O3S/c1-5-7-25(8-6-2)22(23)24-13-16-14-26(9-10-30-16)21(29)18-11-17(15(3)4)19(27)12-20(18)28/h11-13,15,18,20,27-28H,5-10,14H2,1-4H3,(H2,23,24)/b16-13-. The molecule has 1 aliphatic heterocycles. The summed E-state index contributed by atoms with van der Waals surface area (Å²) in [7, 11) is 0. The van der Waals surface area contributed by atoms with Crippen molar-refractivity contribution in [3.63, 3.8) is 0 Å². The van der Waals surface area contributed by atoms with Gasteiger partial charge in [-0.3, -0.25) is 4.79 Å². The van der Waals surface area contributed by atoms with Gasteiger partial charge in [0.05, 0.1) is 18.6 Å². The molecular formula is C22H36N4O3S. The maximum absolute atomic E-state index is 13.1. The molecule has 0 aromatic rings. The number of carbonyl (C=O) groups is 1. The first kappa shape index (κ1) is 24.3. The smallest absolute Gasteiger partial charge is 0.232 e. The highest BCUT2D eigenvalue weighted by atomic mass is 32.2. The van der Waals surface area contributed by atoms with E-state index in [0.717, 1.165) is 36.6 Å². The summed E-state index contributed by atoms with van der Waals surface area (Å²) < 4.78 is 0. The minimum absolute atomic E-state index is 0.0601. The number of hydrogen-bond acceptors (Lipinski definition) is 5. The summed E-state index contributed by atoms with van der Waals surface area (Å²) in [5.74, 6) is 0.591. The number of guanidine groups is 1. The van der Waals surface area contributed by atoms with Crippen molar-refractivity contribution in [3.8, 4) is 0 Å². The molecule has 1 heterocycles. The topological polar surface area (TPSA) is 102 Å². The van der Waals surface area contributed by atoms with Crippen molar-refractivity contribution in [2.24, 2.45) is 22.6 Å². The fourth-order valence-electron chi connectivity index (χ4n) is 3.62. The Bertz CT molecular complexity index is 724. The van der Waals surface area contributed by atoms with Crippen LogP contribution in [0.3, 0.4) is 0 Å². The number of allylic oxidation sites excluding steroid dienone is 1. The molecule has 0 aromatic carbocycles. The van der Waals surface area contributed by atoms with Crippen LogP contribution in [-0.2, 0) is 4.79 Å². The van der Waals surface area contributed by atoms with Crippen molar-refractivity contribution in [2.45, 2.75) is 46.6 Å². The van der Waals surface area contributed by atoms with E-state index < -0.39 is 12.0 Å². The summed E-state index contributed by atoms with van der Waals surface area (Å²) in [4.78, 5) is 22.4. The number of rotatable bonds is 7. The Labute approximate surface area is 184 Å². The molecular weight excluding hydrogens is 400 g/mol. The fraction of sp³-hybridized carbons (Fsp3) is 0.636. The molecule has 2 aliphatic rings. The van der Waals surface area contributed by atoms with Gasteiger partial charge < -0.3 is 25.7 Å². The minimum atomic E-state index is -1.02. The molecule has 1 saturated heterocycles. The van der Waals surface area contributed by atoms with E-state index in [9.17, 15) is 15.0 Å². The number of carbonyl (C=O) groups excluding carboxylic acids is 1. The van der Waals surface area contributed by atoms with Crippen LogP contribution in [0.1, 0.15) is 40.5 Å². The molecule has 2 rings (SSSR count). The zero-order chi connectivity index (χ0) is 22.3. The van der Waals surface area contributed by atoms with E-state index in [4.69, 9.17) is 5.73 Å². The van der Waals surface area contributed by atoms with Crippen LogP contribution >= 0.6 is 11.8 Å². The lowest BCUT2D eigenvalue weighted by atomic mass is 9.86. The number of nitrogens with two attached hydrogens (primary N) is 1. The number of aliphatic imine (C=N–C) groups is 1. The lowest BCUT2D eigenvalue weighted by Gasteiger charge is -2.33. The Kier molecular flexibility index (Phi) is 9.30. The maximum Gasteiger partial charge on any atom is 0.232 e. The molecule has 168 valence electrons. The number of aliphatic hydroxyl groups excluding tert-OH is 2. The molecule has 8 heteroatoms. The maximum atomic E-state index is 13.1. The second-order valence-electron chi connectivity index (χ2n) is 8.02. The van der Waals surface area contributed by atoms with Crippen LogP contribution in [0.4, 0.5) is 0 Å². The first-order chi connectivity index (χ1) is 14.3. The first-order valence-corrected chi connectivity index (χ1v) is 11.8. The average Bonchev–Trinajstić information content (AvgIpc) is 2.71. The van der Waals surface area contributed by atoms with E-state index in [1.807, 2.05) is 13.8 Å². The highest BCUT2D eigenvalue weighted by molar-refractivity contribution is 8.03. The molecule has 1 amide bonds. The average molecular weight is 437 g/mol. The molecule has 0 bridgehead atoms. The quantitative estimate of drug-likeness (QED) is 0.419. The van der Waals surface area contributed by atoms with E-state index >= 15 is 0 Å². The third-order valence-corrected chi connectivity index (χ3v) is 6.21. The van der Waals surface area contributed by atoms with Gasteiger partial charge in [0.2, 0.25) is 5.91 Å². The fourth-order valence-corrected chi connectivity index (χ4v) is 4.57. The highest BCUT2D eigenvalue weighted by Gasteiger charge is 2.34. The third-order valence-electron chi connectivity index (χ3n) is 5.22. The summed E-state index contributed by atoms with van der Waals surface area (Å²) in [6.07, 6.45) is 5.83. The lowest BCUT2D eigenvalue weighted by molar-refractivity contribution is -0.135. The van der Waals surface area contributed by atoms with Gasteiger partial charge in [0.25, 0.3) is 0 Å². The zero-order valence-corrected chi connectivity index (χ0v) is 19.4. The Morgan fingerprint density at radius 1 is 1.37 bits per heavy atom. The van der Waals surface area contributed by atoms with E-state index in [2.05, 4.69) is 23.7 Å². The summed E-state index contributed by atoms with van der Waals surface area (Å²) in [5, 5.41) is 20.4. The molecule has 0 radical (unpaired) electrons. The molecule has 30 heavy (non-hydrogen) atoms. The van der Waals surface area contributed by atoms with Crippen LogP contribution in [0.15, 0.2) is 39.6 Å². The molecule has 0 spiro atoms. The molecule has 4 N–H and O–H groups in total. The Morgan fingerprint density at radius 3 is 2.63 bits per heavy atom. The van der Waals surface area contributed by atoms with Crippen LogP contribution in [-0.4, -0.2) is 69.9 Å². The first-order valence-electron chi connectivity index (χ1n) is 10.8. The second-order valence-corrected chi connectivity index (χ2v) is 9.24. The Balaban J connectivity index is 2.11. The predicted molar refractivity (Wildman–Crippen MR) is 124 cm³/mol. The third kappa shape index (κ3) is 6.28. The summed E-state index contributed by atoms with van der Waals surface area (Å²) in [5.41, 5.74) is 6.86. The molecule has 7 nitrogen and oxygen atoms in total. The SMILES string of the molecule is CCCN(CCC)C(N)=N/C=C1/CN(C(=O)C2C=C(C(C)C)C(O)=CC2O)CCS1. The Morgan fingerprint density at radius 2 is 2.03 bits per heavy atom. The van der Waals surface area contributed by atoms with Gasteiger partial charge in [0, 0.05) is 36.5 Å². The monoisotopic (exact) mass is 436 g/mol. The number of nitrogens with zero attached hydrogens (tertiary/aromatic N) is 3. The van der Waals surface area contributed by atoms with Crippen LogP contribution in [0.2, 0.25) is 0 Å². The number of amides is 1. The van der Waals surface area contributed by atoms with Gasteiger partial charge in [0.15, 0.2) is 5.96 Å². The molecule has 0 aromatic heterocycles. The van der Waals surface area contributed by atoms with Crippen molar-refractivity contribution >= 4 is 23.6 Å². The van der Waals surface area contributed by atoms with Gasteiger partial charge in [-0.25, -0.2) is 4.99 Å². The highest BCUT2D eigenvalue weighted by Crippen LogP contribution is 2.30. The van der Waals surface area contributed by atoms with Crippen molar-refractivity contribution in [1.82, 2.24) is 9.80 Å². The number of aliphatic hydroxyl groups is 2. The van der Waals surface area contributed by atoms with Crippen molar-refractivity contribution in [1.29, 1.82) is 0 Å². The number of hydrogen-bond donors (Lipinski definition) is 3. The minimum Gasteiger partial charge on any atom is -0.508 e. The predicted octanol–water partition coefficient (Wildman–Crippen LogP) is 2.85. The molecule has 2 atom stereocenters. The second kappa shape index (κ2) is 11.5. The zero-order valence-electron chi connectivity index (χ0n) is 18.5. The lowest BCUT2D eigenvalue weighted by Crippen LogP contribution is -2.44. The van der Waals surface area contributed by atoms with E-state index in [-0.39, 0.29) is 17.6 Å². The summed E-state index contributed by atoms with van der Waals surface area (Å²) in [6, 6.07) is 0. The van der Waals surface area contributed by atoms with Crippen LogP contribution in [0, 0.1) is 11.8 Å². The molecule has 0 saturated carbocycles. The molecule has 1 fully saturated rings. The Hall–Kier alpha value is -1.93. The summed E-state index contributed by atoms with van der Waals surface area (Å²) in [6.45, 7) is 10.9. The normalized spacial score (nSPS) is 24.1. The van der Waals surface area contributed by atoms with Gasteiger partial charge in [-0.15, -0.1) is 11.8 Å². The largest absolute Gasteiger partial charge is 0.508 e. The van der Waals surface area contributed by atoms with E-state index in [1.165, 1.54) is 6.08 Å². The van der Waals surface area contributed by atoms with E-state index in [1.54, 1.807) is 28.9 Å². The number of thioether (sulfide) groups is 1.